The van der Waals surface area contributed by atoms with Gasteiger partial charge in [-0.1, -0.05) is 68.0 Å². The number of nitrogens with zero attached hydrogens (tertiary/aromatic N) is 5. The van der Waals surface area contributed by atoms with E-state index in [4.69, 9.17) is 9.26 Å². The van der Waals surface area contributed by atoms with Crippen LogP contribution in [0.15, 0.2) is 64.3 Å². The highest BCUT2D eigenvalue weighted by molar-refractivity contribution is 7.98. The third-order valence-electron chi connectivity index (χ3n) is 4.97. The SMILES string of the molecule is COc1ccc(-c2nnc(SCc3noc(C(C)(C)C)n3)n2CCc2ccccc2)cc1. The second-order valence-corrected chi connectivity index (χ2v) is 9.42. The van der Waals surface area contributed by atoms with Gasteiger partial charge in [-0.15, -0.1) is 10.2 Å². The number of ether oxygens (including phenoxy) is 1. The summed E-state index contributed by atoms with van der Waals surface area (Å²) in [5, 5.41) is 13.9. The van der Waals surface area contributed by atoms with Gasteiger partial charge in [0.15, 0.2) is 16.8 Å². The first-order valence-electron chi connectivity index (χ1n) is 10.5. The lowest BCUT2D eigenvalue weighted by Crippen LogP contribution is -2.11. The molecular weight excluding hydrogens is 422 g/mol. The molecule has 32 heavy (non-hydrogen) atoms. The second-order valence-electron chi connectivity index (χ2n) is 8.48. The Labute approximate surface area is 192 Å². The fourth-order valence-corrected chi connectivity index (χ4v) is 3.99. The molecule has 0 aliphatic rings. The molecule has 0 saturated heterocycles. The Kier molecular flexibility index (Phi) is 6.60. The minimum Gasteiger partial charge on any atom is -0.497 e. The van der Waals surface area contributed by atoms with Gasteiger partial charge in [-0.05, 0) is 36.2 Å². The molecule has 2 aromatic heterocycles. The first-order valence-corrected chi connectivity index (χ1v) is 11.5. The Hall–Kier alpha value is -3.13. The highest BCUT2D eigenvalue weighted by Gasteiger charge is 2.22. The Morgan fingerprint density at radius 3 is 2.41 bits per heavy atom. The molecule has 0 aliphatic heterocycles. The van der Waals surface area contributed by atoms with Crippen LogP contribution in [0.25, 0.3) is 11.4 Å². The first kappa shape index (κ1) is 22.1. The molecule has 0 atom stereocenters. The first-order chi connectivity index (χ1) is 15.4. The van der Waals surface area contributed by atoms with E-state index in [-0.39, 0.29) is 5.41 Å². The molecule has 0 radical (unpaired) electrons. The molecule has 0 saturated carbocycles. The lowest BCUT2D eigenvalue weighted by atomic mass is 9.97. The maximum atomic E-state index is 5.42. The van der Waals surface area contributed by atoms with Crippen LogP contribution in [0.4, 0.5) is 0 Å². The molecule has 2 heterocycles. The Morgan fingerprint density at radius 2 is 1.75 bits per heavy atom. The zero-order chi connectivity index (χ0) is 22.6. The number of aromatic nitrogens is 5. The number of hydrogen-bond acceptors (Lipinski definition) is 7. The summed E-state index contributed by atoms with van der Waals surface area (Å²) in [7, 11) is 1.66. The summed E-state index contributed by atoms with van der Waals surface area (Å²) in [5.74, 6) is 3.49. The number of thioether (sulfide) groups is 1. The summed E-state index contributed by atoms with van der Waals surface area (Å²) in [6, 6.07) is 18.3. The average Bonchev–Trinajstić information content (AvgIpc) is 3.44. The van der Waals surface area contributed by atoms with Gasteiger partial charge < -0.3 is 13.8 Å². The molecule has 0 fully saturated rings. The van der Waals surface area contributed by atoms with Crippen LogP contribution in [0.2, 0.25) is 0 Å². The summed E-state index contributed by atoms with van der Waals surface area (Å²) in [5.41, 5.74) is 2.09. The van der Waals surface area contributed by atoms with Crippen molar-refractivity contribution in [3.05, 3.63) is 71.9 Å². The quantitative estimate of drug-likeness (QED) is 0.343. The van der Waals surface area contributed by atoms with E-state index in [9.17, 15) is 0 Å². The van der Waals surface area contributed by atoms with Gasteiger partial charge in [0, 0.05) is 17.5 Å². The van der Waals surface area contributed by atoms with Crippen molar-refractivity contribution >= 4 is 11.8 Å². The van der Waals surface area contributed by atoms with Crippen molar-refractivity contribution in [3.63, 3.8) is 0 Å². The van der Waals surface area contributed by atoms with Crippen LogP contribution < -0.4 is 4.74 Å². The molecule has 4 aromatic rings. The van der Waals surface area contributed by atoms with Crippen molar-refractivity contribution in [2.45, 2.75) is 50.1 Å². The Balaban J connectivity index is 1.57. The standard InChI is InChI=1S/C24H27N5O2S/c1-24(2,3)22-25-20(28-31-22)16-32-23-27-26-21(18-10-12-19(30-4)13-11-18)29(23)15-14-17-8-6-5-7-9-17/h5-13H,14-16H2,1-4H3. The summed E-state index contributed by atoms with van der Waals surface area (Å²) in [4.78, 5) is 4.53. The van der Waals surface area contributed by atoms with E-state index < -0.39 is 0 Å². The van der Waals surface area contributed by atoms with Gasteiger partial charge in [-0.25, -0.2) is 0 Å². The molecule has 0 spiro atoms. The molecular formula is C24H27N5O2S. The van der Waals surface area contributed by atoms with Crippen molar-refractivity contribution < 1.29 is 9.26 Å². The molecule has 2 aromatic carbocycles. The number of hydrogen-bond donors (Lipinski definition) is 0. The number of benzene rings is 2. The van der Waals surface area contributed by atoms with Crippen molar-refractivity contribution in [1.82, 2.24) is 24.9 Å². The second kappa shape index (κ2) is 9.56. The van der Waals surface area contributed by atoms with Crippen LogP contribution >= 0.6 is 11.8 Å². The van der Waals surface area contributed by atoms with E-state index in [1.54, 1.807) is 18.9 Å². The van der Waals surface area contributed by atoms with Crippen molar-refractivity contribution in [3.8, 4) is 17.1 Å². The molecule has 166 valence electrons. The summed E-state index contributed by atoms with van der Waals surface area (Å²) < 4.78 is 12.9. The van der Waals surface area contributed by atoms with E-state index in [2.05, 4.69) is 69.9 Å². The highest BCUT2D eigenvalue weighted by Crippen LogP contribution is 2.28. The average molecular weight is 450 g/mol. The van der Waals surface area contributed by atoms with Crippen LogP contribution in [0, 0.1) is 0 Å². The van der Waals surface area contributed by atoms with E-state index in [0.717, 1.165) is 35.3 Å². The lowest BCUT2D eigenvalue weighted by Gasteiger charge is -2.11. The third-order valence-corrected chi connectivity index (χ3v) is 5.93. The fraction of sp³-hybridized carbons (Fsp3) is 0.333. The topological polar surface area (TPSA) is 78.9 Å². The zero-order valence-corrected chi connectivity index (χ0v) is 19.6. The van der Waals surface area contributed by atoms with Crippen LogP contribution in [0.3, 0.4) is 0 Å². The molecule has 0 bridgehead atoms. The van der Waals surface area contributed by atoms with Gasteiger partial charge in [0.2, 0.25) is 5.89 Å². The zero-order valence-electron chi connectivity index (χ0n) is 18.8. The van der Waals surface area contributed by atoms with Gasteiger partial charge in [0.25, 0.3) is 0 Å². The third kappa shape index (κ3) is 5.19. The van der Waals surface area contributed by atoms with Gasteiger partial charge in [-0.2, -0.15) is 4.98 Å². The van der Waals surface area contributed by atoms with Crippen LogP contribution in [0.1, 0.15) is 38.0 Å². The fourth-order valence-electron chi connectivity index (χ4n) is 3.18. The number of rotatable bonds is 8. The molecule has 0 unspecified atom stereocenters. The highest BCUT2D eigenvalue weighted by atomic mass is 32.2. The van der Waals surface area contributed by atoms with Crippen molar-refractivity contribution in [2.24, 2.45) is 0 Å². The Bertz CT molecular complexity index is 1150. The van der Waals surface area contributed by atoms with E-state index in [1.165, 1.54) is 5.56 Å². The summed E-state index contributed by atoms with van der Waals surface area (Å²) >= 11 is 1.56. The van der Waals surface area contributed by atoms with Crippen molar-refractivity contribution in [2.75, 3.05) is 7.11 Å². The summed E-state index contributed by atoms with van der Waals surface area (Å²) in [6.07, 6.45) is 0.881. The predicted molar refractivity (Wildman–Crippen MR) is 125 cm³/mol. The maximum absolute atomic E-state index is 5.42. The molecule has 0 aliphatic carbocycles. The van der Waals surface area contributed by atoms with E-state index in [1.807, 2.05) is 30.3 Å². The lowest BCUT2D eigenvalue weighted by molar-refractivity contribution is 0.319. The smallest absolute Gasteiger partial charge is 0.232 e. The van der Waals surface area contributed by atoms with Crippen LogP contribution in [-0.2, 0) is 24.1 Å². The number of aryl methyl sites for hydroxylation is 1. The van der Waals surface area contributed by atoms with Crippen LogP contribution in [-0.4, -0.2) is 32.0 Å². The van der Waals surface area contributed by atoms with E-state index in [0.29, 0.717) is 17.5 Å². The van der Waals surface area contributed by atoms with E-state index >= 15 is 0 Å². The van der Waals surface area contributed by atoms with Gasteiger partial charge in [-0.3, -0.25) is 0 Å². The minimum atomic E-state index is -0.173. The monoisotopic (exact) mass is 449 g/mol. The normalized spacial score (nSPS) is 11.6. The predicted octanol–water partition coefficient (Wildman–Crippen LogP) is 5.17. The van der Waals surface area contributed by atoms with Crippen LogP contribution in [0.5, 0.6) is 5.75 Å². The maximum Gasteiger partial charge on any atom is 0.232 e. The number of methoxy groups -OCH3 is 1. The van der Waals surface area contributed by atoms with Gasteiger partial charge in [0.1, 0.15) is 5.75 Å². The molecule has 0 N–H and O–H groups in total. The van der Waals surface area contributed by atoms with Gasteiger partial charge in [0.05, 0.1) is 12.9 Å². The summed E-state index contributed by atoms with van der Waals surface area (Å²) in [6.45, 7) is 6.93. The molecule has 0 amide bonds. The van der Waals surface area contributed by atoms with Crippen molar-refractivity contribution in [1.29, 1.82) is 0 Å². The Morgan fingerprint density at radius 1 is 1.00 bits per heavy atom. The molecule has 7 nitrogen and oxygen atoms in total. The largest absolute Gasteiger partial charge is 0.497 e. The minimum absolute atomic E-state index is 0.173. The molecule has 8 heteroatoms. The van der Waals surface area contributed by atoms with Gasteiger partial charge >= 0.3 is 0 Å². The molecule has 4 rings (SSSR count).